The fourth-order valence-corrected chi connectivity index (χ4v) is 3.55. The lowest BCUT2D eigenvalue weighted by molar-refractivity contribution is -0.171. The molecule has 2 saturated heterocycles. The number of aromatic nitrogens is 2. The van der Waals surface area contributed by atoms with Gasteiger partial charge in [0.2, 0.25) is 0 Å². The molecule has 0 aliphatic carbocycles. The van der Waals surface area contributed by atoms with E-state index in [-0.39, 0.29) is 0 Å². The number of hydrogen-bond acceptors (Lipinski definition) is 8. The highest BCUT2D eigenvalue weighted by atomic mass is 16.7. The molecule has 2 aliphatic heterocycles. The normalized spacial score (nSPS) is 18.9. The van der Waals surface area contributed by atoms with E-state index in [1.807, 2.05) is 24.3 Å². The van der Waals surface area contributed by atoms with Gasteiger partial charge in [-0.1, -0.05) is 12.1 Å². The zero-order chi connectivity index (χ0) is 21.1. The summed E-state index contributed by atoms with van der Waals surface area (Å²) in [5, 5.41) is 8.61. The quantitative estimate of drug-likeness (QED) is 0.738. The Bertz CT molecular complexity index is 786. The van der Waals surface area contributed by atoms with E-state index in [0.29, 0.717) is 45.8 Å². The van der Waals surface area contributed by atoms with Gasteiger partial charge in [-0.25, -0.2) is 0 Å². The van der Waals surface area contributed by atoms with Crippen LogP contribution in [-0.2, 0) is 30.5 Å². The largest absolute Gasteiger partial charge is 0.343 e. The Morgan fingerprint density at radius 2 is 1.37 bits per heavy atom. The summed E-state index contributed by atoms with van der Waals surface area (Å²) >= 11 is 0. The highest BCUT2D eigenvalue weighted by Crippen LogP contribution is 2.36. The van der Waals surface area contributed by atoms with Crippen molar-refractivity contribution < 1.29 is 18.9 Å². The van der Waals surface area contributed by atoms with Gasteiger partial charge in [-0.05, 0) is 25.1 Å². The second kappa shape index (κ2) is 11.1. The van der Waals surface area contributed by atoms with Crippen molar-refractivity contribution in [3.05, 3.63) is 60.2 Å². The molecule has 0 amide bonds. The predicted molar refractivity (Wildman–Crippen MR) is 109 cm³/mol. The van der Waals surface area contributed by atoms with Gasteiger partial charge in [-0.2, -0.15) is 5.26 Å². The van der Waals surface area contributed by atoms with E-state index in [9.17, 15) is 0 Å². The Morgan fingerprint density at radius 3 is 1.77 bits per heavy atom. The molecule has 2 aromatic heterocycles. The van der Waals surface area contributed by atoms with E-state index in [2.05, 4.69) is 16.0 Å². The Balaban J connectivity index is 0.000000171. The molecule has 160 valence electrons. The fraction of sp³-hybridized carbons (Fsp3) is 0.500. The van der Waals surface area contributed by atoms with Crippen molar-refractivity contribution >= 4 is 0 Å². The van der Waals surface area contributed by atoms with Crippen molar-refractivity contribution in [2.75, 3.05) is 33.0 Å². The van der Waals surface area contributed by atoms with Gasteiger partial charge in [0.25, 0.3) is 0 Å². The van der Waals surface area contributed by atoms with Gasteiger partial charge in [-0.15, -0.1) is 0 Å². The summed E-state index contributed by atoms with van der Waals surface area (Å²) in [4.78, 5) is 8.13. The summed E-state index contributed by atoms with van der Waals surface area (Å²) in [6, 6.07) is 9.74. The third kappa shape index (κ3) is 5.39. The Kier molecular flexibility index (Phi) is 8.25. The van der Waals surface area contributed by atoms with E-state index in [4.69, 9.17) is 29.9 Å². The maximum atomic E-state index is 8.61. The Labute approximate surface area is 176 Å². The molecule has 0 spiro atoms. The molecular formula is C22H28N4O4. The highest BCUT2D eigenvalue weighted by molar-refractivity contribution is 5.17. The van der Waals surface area contributed by atoms with Crippen molar-refractivity contribution in [2.45, 2.75) is 37.3 Å². The van der Waals surface area contributed by atoms with Crippen LogP contribution >= 0.6 is 0 Å². The molecule has 2 aromatic rings. The lowest BCUT2D eigenvalue weighted by Crippen LogP contribution is -2.28. The van der Waals surface area contributed by atoms with Crippen LogP contribution in [0.25, 0.3) is 0 Å². The maximum absolute atomic E-state index is 8.61. The van der Waals surface area contributed by atoms with Crippen LogP contribution in [0.1, 0.15) is 36.8 Å². The first-order valence-electron chi connectivity index (χ1n) is 10.2. The van der Waals surface area contributed by atoms with Gasteiger partial charge < -0.3 is 24.7 Å². The molecule has 0 radical (unpaired) electrons. The van der Waals surface area contributed by atoms with Crippen LogP contribution in [0.15, 0.2) is 49.1 Å². The molecular weight excluding hydrogens is 384 g/mol. The second-order valence-electron chi connectivity index (χ2n) is 6.93. The average molecular weight is 412 g/mol. The summed E-state index contributed by atoms with van der Waals surface area (Å²) in [7, 11) is 0. The third-order valence-electron chi connectivity index (χ3n) is 4.99. The smallest absolute Gasteiger partial charge is 0.197 e. The van der Waals surface area contributed by atoms with E-state index >= 15 is 0 Å². The van der Waals surface area contributed by atoms with Crippen LogP contribution in [0.2, 0.25) is 0 Å². The molecule has 0 atom stereocenters. The molecule has 2 N–H and O–H groups in total. The zero-order valence-corrected chi connectivity index (χ0v) is 17.0. The number of nitrogens with zero attached hydrogens (tertiary/aromatic N) is 3. The van der Waals surface area contributed by atoms with Crippen LogP contribution < -0.4 is 5.73 Å². The first kappa shape index (κ1) is 22.3. The van der Waals surface area contributed by atoms with Crippen molar-refractivity contribution in [2.24, 2.45) is 5.73 Å². The average Bonchev–Trinajstić information content (AvgIpc) is 3.49. The number of ether oxygens (including phenoxy) is 4. The van der Waals surface area contributed by atoms with E-state index in [1.54, 1.807) is 24.8 Å². The maximum Gasteiger partial charge on any atom is 0.197 e. The summed E-state index contributed by atoms with van der Waals surface area (Å²) < 4.78 is 22.7. The molecule has 0 aromatic carbocycles. The molecule has 0 unspecified atom stereocenters. The van der Waals surface area contributed by atoms with Crippen LogP contribution in [-0.4, -0.2) is 42.9 Å². The van der Waals surface area contributed by atoms with Crippen molar-refractivity contribution in [1.29, 1.82) is 5.26 Å². The first-order chi connectivity index (χ1) is 14.7. The SMILES string of the molecule is N#CCCC1(c2cccnc2)OCCO1.NCCCC1(c2cccnc2)OCCO1. The molecule has 8 heteroatoms. The molecule has 2 fully saturated rings. The van der Waals surface area contributed by atoms with Crippen LogP contribution in [0, 0.1) is 11.3 Å². The lowest BCUT2D eigenvalue weighted by Gasteiger charge is -2.27. The Morgan fingerprint density at radius 1 is 0.867 bits per heavy atom. The van der Waals surface area contributed by atoms with E-state index in [0.717, 1.165) is 24.0 Å². The first-order valence-corrected chi connectivity index (χ1v) is 10.2. The van der Waals surface area contributed by atoms with Gasteiger partial charge >= 0.3 is 0 Å². The number of rotatable bonds is 7. The van der Waals surface area contributed by atoms with Gasteiger partial charge in [0.1, 0.15) is 0 Å². The fourth-order valence-electron chi connectivity index (χ4n) is 3.55. The van der Waals surface area contributed by atoms with E-state index < -0.39 is 11.6 Å². The lowest BCUT2D eigenvalue weighted by atomic mass is 10.0. The minimum absolute atomic E-state index is 0.412. The molecule has 30 heavy (non-hydrogen) atoms. The van der Waals surface area contributed by atoms with Crippen LogP contribution in [0.4, 0.5) is 0 Å². The highest BCUT2D eigenvalue weighted by Gasteiger charge is 2.39. The minimum atomic E-state index is -0.746. The number of nitrogens with two attached hydrogens (primary N) is 1. The minimum Gasteiger partial charge on any atom is -0.343 e. The Hall–Kier alpha value is -2.41. The van der Waals surface area contributed by atoms with Gasteiger partial charge in [0.15, 0.2) is 11.6 Å². The standard InChI is InChI=1S/C11H16N2O2.C11H12N2O2/c2*12-5-2-4-11(14-7-8-15-11)10-3-1-6-13-9-10/h1,3,6,9H,2,4-5,7-8,12H2;1,3,6,9H,2,4,7-8H2. The monoisotopic (exact) mass is 412 g/mol. The molecule has 4 rings (SSSR count). The molecule has 0 saturated carbocycles. The van der Waals surface area contributed by atoms with Gasteiger partial charge in [0, 0.05) is 55.2 Å². The summed E-state index contributed by atoms with van der Waals surface area (Å²) in [6.07, 6.45) is 9.60. The number of nitriles is 1. The van der Waals surface area contributed by atoms with E-state index in [1.165, 1.54) is 0 Å². The third-order valence-corrected chi connectivity index (χ3v) is 4.99. The predicted octanol–water partition coefficient (Wildman–Crippen LogP) is 2.61. The van der Waals surface area contributed by atoms with Crippen molar-refractivity contribution in [3.8, 4) is 6.07 Å². The molecule has 8 nitrogen and oxygen atoms in total. The van der Waals surface area contributed by atoms with Crippen LogP contribution in [0.5, 0.6) is 0 Å². The summed E-state index contributed by atoms with van der Waals surface area (Å²) in [6.45, 7) is 3.06. The van der Waals surface area contributed by atoms with Gasteiger partial charge in [-0.3, -0.25) is 9.97 Å². The molecule has 2 aliphatic rings. The number of pyridine rings is 2. The van der Waals surface area contributed by atoms with Crippen molar-refractivity contribution in [1.82, 2.24) is 9.97 Å². The van der Waals surface area contributed by atoms with Crippen molar-refractivity contribution in [3.63, 3.8) is 0 Å². The molecule has 0 bridgehead atoms. The van der Waals surface area contributed by atoms with Gasteiger partial charge in [0.05, 0.1) is 32.5 Å². The van der Waals surface area contributed by atoms with Crippen LogP contribution in [0.3, 0.4) is 0 Å². The number of hydrogen-bond donors (Lipinski definition) is 1. The summed E-state index contributed by atoms with van der Waals surface area (Å²) in [5.41, 5.74) is 7.39. The zero-order valence-electron chi connectivity index (χ0n) is 17.0. The summed E-state index contributed by atoms with van der Waals surface area (Å²) in [5.74, 6) is -1.35. The molecule has 4 heterocycles. The second-order valence-corrected chi connectivity index (χ2v) is 6.93. The topological polar surface area (TPSA) is 113 Å².